The van der Waals surface area contributed by atoms with Gasteiger partial charge in [0.25, 0.3) is 5.91 Å². The van der Waals surface area contributed by atoms with E-state index in [1.54, 1.807) is 24.3 Å². The van der Waals surface area contributed by atoms with Crippen molar-refractivity contribution in [2.24, 2.45) is 0 Å². The Kier molecular flexibility index (Phi) is 12.3. The summed E-state index contributed by atoms with van der Waals surface area (Å²) in [5, 5.41) is 38.1. The number of hydrogen-bond donors (Lipinski definition) is 6. The molecule has 6 N–H and O–H groups in total. The van der Waals surface area contributed by atoms with Gasteiger partial charge in [0, 0.05) is 42.4 Å². The van der Waals surface area contributed by atoms with Gasteiger partial charge in [-0.3, -0.25) is 9.59 Å². The number of phenols is 1. The average molecular weight is 668 g/mol. The van der Waals surface area contributed by atoms with Gasteiger partial charge in [-0.15, -0.1) is 0 Å². The average Bonchev–Trinajstić information content (AvgIpc) is 3.05. The molecular weight excluding hydrogens is 630 g/mol. The molecule has 0 saturated heterocycles. The molecule has 2 amide bonds. The minimum atomic E-state index is -4.63. The van der Waals surface area contributed by atoms with Crippen molar-refractivity contribution in [2.75, 3.05) is 6.54 Å². The number of rotatable bonds is 14. The molecule has 254 valence electrons. The fourth-order valence-electron chi connectivity index (χ4n) is 5.05. The number of aromatic hydroxyl groups is 1. The van der Waals surface area contributed by atoms with Gasteiger partial charge < -0.3 is 31.3 Å². The maximum Gasteiger partial charge on any atom is 0.416 e. The fourth-order valence-corrected chi connectivity index (χ4v) is 5.05. The van der Waals surface area contributed by atoms with Gasteiger partial charge in [-0.1, -0.05) is 42.5 Å². The lowest BCUT2D eigenvalue weighted by molar-refractivity contribution is -0.137. The summed E-state index contributed by atoms with van der Waals surface area (Å²) in [6, 6.07) is 20.6. The minimum absolute atomic E-state index is 0.00459. The van der Waals surface area contributed by atoms with Gasteiger partial charge in [0.1, 0.15) is 11.6 Å². The predicted molar refractivity (Wildman–Crippen MR) is 171 cm³/mol. The third-order valence-corrected chi connectivity index (χ3v) is 7.73. The van der Waals surface area contributed by atoms with Crippen LogP contribution in [-0.2, 0) is 43.5 Å². The predicted octanol–water partition coefficient (Wildman–Crippen LogP) is 5.09. The largest absolute Gasteiger partial charge is 0.508 e. The summed E-state index contributed by atoms with van der Waals surface area (Å²) in [4.78, 5) is 25.1. The van der Waals surface area contributed by atoms with Crippen LogP contribution >= 0.6 is 0 Å². The molecule has 0 fully saturated rings. The number of halogens is 4. The normalized spacial score (nSPS) is 12.7. The van der Waals surface area contributed by atoms with Crippen molar-refractivity contribution in [1.82, 2.24) is 16.0 Å². The summed E-state index contributed by atoms with van der Waals surface area (Å²) in [6.45, 7) is 1.71. The molecule has 0 aliphatic rings. The third kappa shape index (κ3) is 10.4. The summed E-state index contributed by atoms with van der Waals surface area (Å²) < 4.78 is 52.8. The number of nitrogens with one attached hydrogen (secondary N) is 3. The molecule has 4 aromatic rings. The van der Waals surface area contributed by atoms with Crippen molar-refractivity contribution in [1.29, 1.82) is 0 Å². The summed E-state index contributed by atoms with van der Waals surface area (Å²) in [5.41, 5.74) is 2.41. The number of aliphatic hydroxyl groups is 2. The molecule has 12 heteroatoms. The first-order valence-electron chi connectivity index (χ1n) is 15.2. The zero-order chi connectivity index (χ0) is 34.8. The van der Waals surface area contributed by atoms with Gasteiger partial charge in [0.2, 0.25) is 5.91 Å². The Morgan fingerprint density at radius 2 is 1.56 bits per heavy atom. The van der Waals surface area contributed by atoms with Gasteiger partial charge >= 0.3 is 6.18 Å². The quantitative estimate of drug-likeness (QED) is 0.104. The molecule has 0 spiro atoms. The minimum Gasteiger partial charge on any atom is -0.508 e. The van der Waals surface area contributed by atoms with Gasteiger partial charge in [0.15, 0.2) is 0 Å². The molecule has 4 aromatic carbocycles. The van der Waals surface area contributed by atoms with Crippen LogP contribution in [0.3, 0.4) is 0 Å². The van der Waals surface area contributed by atoms with Crippen molar-refractivity contribution >= 4 is 11.8 Å². The van der Waals surface area contributed by atoms with Crippen molar-refractivity contribution < 1.29 is 42.5 Å². The standard InChI is InChI=1S/C36H37F4N3O5/c1-22(41-20-33(46)27-9-12-32(45)29(16-27)21-44)13-24-3-2-4-25(14-24)15-34(47)42-18-23-5-7-26(8-6-23)35(48)43-19-28-17-30(36(38,39)40)10-11-31(28)37/h2-12,14,16-17,22,33,41,44-46H,13,15,18-21H2,1H3,(H,42,47)(H,43,48)/t22?,33-/m0/s1. The Labute approximate surface area is 275 Å². The number of alkyl halides is 3. The smallest absolute Gasteiger partial charge is 0.416 e. The van der Waals surface area contributed by atoms with Gasteiger partial charge in [-0.05, 0) is 78.1 Å². The number of benzene rings is 4. The lowest BCUT2D eigenvalue weighted by atomic mass is 10.0. The molecule has 0 heterocycles. The second kappa shape index (κ2) is 16.4. The van der Waals surface area contributed by atoms with Crippen molar-refractivity contribution in [2.45, 2.75) is 57.8 Å². The highest BCUT2D eigenvalue weighted by atomic mass is 19.4. The Bertz CT molecular complexity index is 1710. The summed E-state index contributed by atoms with van der Waals surface area (Å²) in [5.74, 6) is -1.68. The summed E-state index contributed by atoms with van der Waals surface area (Å²) >= 11 is 0. The number of amides is 2. The second-order valence-electron chi connectivity index (χ2n) is 11.5. The van der Waals surface area contributed by atoms with Crippen molar-refractivity contribution in [3.05, 3.63) is 135 Å². The first-order chi connectivity index (χ1) is 22.8. The SMILES string of the molecule is CC(Cc1cccc(CC(=O)NCc2ccc(C(=O)NCc3cc(C(F)(F)F)ccc3F)cc2)c1)NC[C@H](O)c1ccc(O)c(CO)c1. The van der Waals surface area contributed by atoms with E-state index in [9.17, 15) is 42.5 Å². The van der Waals surface area contributed by atoms with Crippen LogP contribution in [0.2, 0.25) is 0 Å². The zero-order valence-corrected chi connectivity index (χ0v) is 26.2. The molecule has 4 rings (SSSR count). The fraction of sp³-hybridized carbons (Fsp3) is 0.278. The first-order valence-corrected chi connectivity index (χ1v) is 15.2. The lowest BCUT2D eigenvalue weighted by Crippen LogP contribution is -2.32. The van der Waals surface area contributed by atoms with Crippen LogP contribution in [0, 0.1) is 5.82 Å². The van der Waals surface area contributed by atoms with E-state index in [-0.39, 0.29) is 54.9 Å². The first kappa shape index (κ1) is 36.1. The van der Waals surface area contributed by atoms with E-state index in [4.69, 9.17) is 0 Å². The van der Waals surface area contributed by atoms with E-state index in [0.717, 1.165) is 22.8 Å². The highest BCUT2D eigenvalue weighted by molar-refractivity contribution is 5.94. The molecule has 0 aromatic heterocycles. The maximum atomic E-state index is 14.0. The summed E-state index contributed by atoms with van der Waals surface area (Å²) in [6.07, 6.45) is -4.66. The topological polar surface area (TPSA) is 131 Å². The van der Waals surface area contributed by atoms with Crippen LogP contribution in [0.25, 0.3) is 0 Å². The van der Waals surface area contributed by atoms with E-state index in [1.165, 1.54) is 18.2 Å². The lowest BCUT2D eigenvalue weighted by Gasteiger charge is -2.18. The highest BCUT2D eigenvalue weighted by Crippen LogP contribution is 2.30. The van der Waals surface area contributed by atoms with Gasteiger partial charge in [-0.2, -0.15) is 13.2 Å². The van der Waals surface area contributed by atoms with Crippen LogP contribution in [-0.4, -0.2) is 39.7 Å². The molecule has 2 atom stereocenters. The second-order valence-corrected chi connectivity index (χ2v) is 11.5. The Morgan fingerprint density at radius 1 is 0.833 bits per heavy atom. The van der Waals surface area contributed by atoms with E-state index in [0.29, 0.717) is 29.7 Å². The van der Waals surface area contributed by atoms with Crippen molar-refractivity contribution in [3.8, 4) is 5.75 Å². The van der Waals surface area contributed by atoms with Crippen LogP contribution in [0.5, 0.6) is 5.75 Å². The van der Waals surface area contributed by atoms with Gasteiger partial charge in [0.05, 0.1) is 24.7 Å². The maximum absolute atomic E-state index is 14.0. The third-order valence-electron chi connectivity index (χ3n) is 7.73. The Balaban J connectivity index is 1.21. The molecule has 0 radical (unpaired) electrons. The highest BCUT2D eigenvalue weighted by Gasteiger charge is 2.31. The molecular formula is C36H37F4N3O5. The molecule has 0 saturated carbocycles. The van der Waals surface area contributed by atoms with E-state index < -0.39 is 36.1 Å². The number of aliphatic hydroxyl groups excluding tert-OH is 2. The van der Waals surface area contributed by atoms with E-state index in [2.05, 4.69) is 16.0 Å². The van der Waals surface area contributed by atoms with Crippen LogP contribution in [0.1, 0.15) is 62.3 Å². The number of carbonyl (C=O) groups is 2. The molecule has 0 aliphatic carbocycles. The van der Waals surface area contributed by atoms with E-state index in [1.807, 2.05) is 31.2 Å². The monoisotopic (exact) mass is 667 g/mol. The van der Waals surface area contributed by atoms with Gasteiger partial charge in [-0.25, -0.2) is 4.39 Å². The molecule has 1 unspecified atom stereocenters. The molecule has 8 nitrogen and oxygen atoms in total. The van der Waals surface area contributed by atoms with Crippen LogP contribution in [0.15, 0.2) is 84.9 Å². The van der Waals surface area contributed by atoms with Crippen molar-refractivity contribution in [3.63, 3.8) is 0 Å². The van der Waals surface area contributed by atoms with Crippen LogP contribution in [0.4, 0.5) is 17.6 Å². The number of carbonyl (C=O) groups excluding carboxylic acids is 2. The van der Waals surface area contributed by atoms with Crippen LogP contribution < -0.4 is 16.0 Å². The Hall–Kier alpha value is -4.78. The summed E-state index contributed by atoms with van der Waals surface area (Å²) in [7, 11) is 0. The molecule has 48 heavy (non-hydrogen) atoms. The Morgan fingerprint density at radius 3 is 2.27 bits per heavy atom. The number of hydrogen-bond acceptors (Lipinski definition) is 6. The zero-order valence-electron chi connectivity index (χ0n) is 26.2. The molecule has 0 bridgehead atoms. The van der Waals surface area contributed by atoms with E-state index >= 15 is 0 Å². The molecule has 0 aliphatic heterocycles.